The van der Waals surface area contributed by atoms with Crippen molar-refractivity contribution in [3.05, 3.63) is 32.9 Å². The highest BCUT2D eigenvalue weighted by Gasteiger charge is 2.29. The van der Waals surface area contributed by atoms with Crippen LogP contribution in [0.15, 0.2) is 18.2 Å². The molecule has 0 aliphatic carbocycles. The number of benzene rings is 1. The molecule has 0 fully saturated rings. The second-order valence-corrected chi connectivity index (χ2v) is 6.31. The number of halogens is 1. The second-order valence-electron chi connectivity index (χ2n) is 5.14. The molecule has 3 nitrogen and oxygen atoms in total. The molecule has 1 aromatic rings. The molecular weight excluding hydrogens is 339 g/mol. The third-order valence-corrected chi connectivity index (χ3v) is 4.78. The van der Waals surface area contributed by atoms with Crippen molar-refractivity contribution in [3.8, 4) is 0 Å². The molecule has 100 valence electrons. The van der Waals surface area contributed by atoms with E-state index in [0.29, 0.717) is 6.54 Å². The highest BCUT2D eigenvalue weighted by Crippen LogP contribution is 2.19. The molecular formula is C14H21IN2O. The van der Waals surface area contributed by atoms with E-state index in [-0.39, 0.29) is 17.4 Å². The Balaban J connectivity index is 2.99. The summed E-state index contributed by atoms with van der Waals surface area (Å²) in [6.45, 7) is 8.51. The van der Waals surface area contributed by atoms with Crippen molar-refractivity contribution in [2.24, 2.45) is 11.7 Å². The maximum atomic E-state index is 12.3. The number of amides is 1. The van der Waals surface area contributed by atoms with Gasteiger partial charge in [-0.25, -0.2) is 0 Å². The van der Waals surface area contributed by atoms with Crippen LogP contribution in [0.1, 0.15) is 36.7 Å². The SMILES string of the molecule is Cc1c(I)cccc1C(=O)NC(C)(CN)C(C)C. The van der Waals surface area contributed by atoms with Gasteiger partial charge in [-0.1, -0.05) is 19.9 Å². The van der Waals surface area contributed by atoms with Crippen molar-refractivity contribution in [1.82, 2.24) is 5.32 Å². The normalized spacial score (nSPS) is 14.4. The summed E-state index contributed by atoms with van der Waals surface area (Å²) in [5, 5.41) is 3.06. The van der Waals surface area contributed by atoms with Gasteiger partial charge < -0.3 is 11.1 Å². The lowest BCUT2D eigenvalue weighted by atomic mass is 9.88. The zero-order chi connectivity index (χ0) is 13.9. The van der Waals surface area contributed by atoms with Crippen LogP contribution in [0.2, 0.25) is 0 Å². The van der Waals surface area contributed by atoms with Crippen molar-refractivity contribution < 1.29 is 4.79 Å². The highest BCUT2D eigenvalue weighted by atomic mass is 127. The van der Waals surface area contributed by atoms with E-state index in [1.807, 2.05) is 32.0 Å². The predicted octanol–water partition coefficient (Wildman–Crippen LogP) is 2.70. The first-order valence-electron chi connectivity index (χ1n) is 6.09. The molecule has 4 heteroatoms. The van der Waals surface area contributed by atoms with Gasteiger partial charge >= 0.3 is 0 Å². The third kappa shape index (κ3) is 3.23. The van der Waals surface area contributed by atoms with E-state index in [9.17, 15) is 4.79 Å². The first-order valence-corrected chi connectivity index (χ1v) is 7.17. The molecule has 0 aliphatic rings. The number of hydrogen-bond acceptors (Lipinski definition) is 2. The standard InChI is InChI=1S/C14H21IN2O/c1-9(2)14(4,8-16)17-13(18)11-6-5-7-12(15)10(11)3/h5-7,9H,8,16H2,1-4H3,(H,17,18). The van der Waals surface area contributed by atoms with Gasteiger partial charge in [0, 0.05) is 15.7 Å². The minimum Gasteiger partial charge on any atom is -0.345 e. The molecule has 0 aliphatic heterocycles. The smallest absolute Gasteiger partial charge is 0.252 e. The van der Waals surface area contributed by atoms with Crippen LogP contribution in [-0.2, 0) is 0 Å². The number of nitrogens with two attached hydrogens (primary N) is 1. The molecule has 1 aromatic carbocycles. The van der Waals surface area contributed by atoms with E-state index < -0.39 is 0 Å². The molecule has 1 amide bonds. The minimum atomic E-state index is -0.370. The lowest BCUT2D eigenvalue weighted by molar-refractivity contribution is 0.0882. The van der Waals surface area contributed by atoms with Gasteiger partial charge in [0.2, 0.25) is 0 Å². The molecule has 1 atom stereocenters. The van der Waals surface area contributed by atoms with Gasteiger partial charge in [0.05, 0.1) is 5.54 Å². The lowest BCUT2D eigenvalue weighted by Gasteiger charge is -2.33. The Morgan fingerprint density at radius 2 is 2.11 bits per heavy atom. The average Bonchev–Trinajstić information content (AvgIpc) is 2.32. The second kappa shape index (κ2) is 6.02. The largest absolute Gasteiger partial charge is 0.345 e. The van der Waals surface area contributed by atoms with Crippen LogP contribution in [0.3, 0.4) is 0 Å². The monoisotopic (exact) mass is 360 g/mol. The molecule has 18 heavy (non-hydrogen) atoms. The van der Waals surface area contributed by atoms with Crippen molar-refractivity contribution in [2.45, 2.75) is 33.2 Å². The molecule has 0 saturated heterocycles. The molecule has 0 radical (unpaired) electrons. The fourth-order valence-corrected chi connectivity index (χ4v) is 2.11. The van der Waals surface area contributed by atoms with Gasteiger partial charge in [-0.3, -0.25) is 4.79 Å². The van der Waals surface area contributed by atoms with Crippen LogP contribution < -0.4 is 11.1 Å². The predicted molar refractivity (Wildman–Crippen MR) is 83.7 cm³/mol. The lowest BCUT2D eigenvalue weighted by Crippen LogP contribution is -2.55. The first kappa shape index (κ1) is 15.4. The van der Waals surface area contributed by atoms with Crippen molar-refractivity contribution in [3.63, 3.8) is 0 Å². The molecule has 1 unspecified atom stereocenters. The van der Waals surface area contributed by atoms with E-state index >= 15 is 0 Å². The maximum absolute atomic E-state index is 12.3. The van der Waals surface area contributed by atoms with Gasteiger partial charge in [-0.05, 0) is 60.1 Å². The first-order chi connectivity index (χ1) is 8.31. The minimum absolute atomic E-state index is 0.0485. The van der Waals surface area contributed by atoms with Gasteiger partial charge in [0.25, 0.3) is 5.91 Å². The fourth-order valence-electron chi connectivity index (χ4n) is 1.61. The number of nitrogens with one attached hydrogen (secondary N) is 1. The zero-order valence-corrected chi connectivity index (χ0v) is 13.5. The van der Waals surface area contributed by atoms with Crippen LogP contribution in [0, 0.1) is 16.4 Å². The summed E-state index contributed by atoms with van der Waals surface area (Å²) in [7, 11) is 0. The summed E-state index contributed by atoms with van der Waals surface area (Å²) < 4.78 is 1.10. The highest BCUT2D eigenvalue weighted by molar-refractivity contribution is 14.1. The average molecular weight is 360 g/mol. The van der Waals surface area contributed by atoms with Crippen LogP contribution in [0.4, 0.5) is 0 Å². The Kier molecular flexibility index (Phi) is 5.16. The van der Waals surface area contributed by atoms with Crippen LogP contribution in [0.5, 0.6) is 0 Å². The van der Waals surface area contributed by atoms with Crippen molar-refractivity contribution in [2.75, 3.05) is 6.54 Å². The number of rotatable bonds is 4. The molecule has 3 N–H and O–H groups in total. The van der Waals surface area contributed by atoms with Crippen LogP contribution >= 0.6 is 22.6 Å². The summed E-state index contributed by atoms with van der Waals surface area (Å²) in [6, 6.07) is 5.75. The summed E-state index contributed by atoms with van der Waals surface area (Å²) in [6.07, 6.45) is 0. The van der Waals surface area contributed by atoms with Crippen LogP contribution in [-0.4, -0.2) is 18.0 Å². The van der Waals surface area contributed by atoms with E-state index in [1.165, 1.54) is 0 Å². The summed E-state index contributed by atoms with van der Waals surface area (Å²) in [5.74, 6) is 0.238. The van der Waals surface area contributed by atoms with Crippen molar-refractivity contribution in [1.29, 1.82) is 0 Å². The Labute approximate surface area is 123 Å². The molecule has 0 saturated carbocycles. The quantitative estimate of drug-likeness (QED) is 0.812. The Morgan fingerprint density at radius 3 is 2.61 bits per heavy atom. The van der Waals surface area contributed by atoms with E-state index in [0.717, 1.165) is 14.7 Å². The fraction of sp³-hybridized carbons (Fsp3) is 0.500. The number of carbonyl (C=O) groups excluding carboxylic acids is 1. The number of hydrogen-bond donors (Lipinski definition) is 2. The Morgan fingerprint density at radius 1 is 1.50 bits per heavy atom. The third-order valence-electron chi connectivity index (χ3n) is 3.61. The van der Waals surface area contributed by atoms with E-state index in [4.69, 9.17) is 5.73 Å². The Hall–Kier alpha value is -0.620. The van der Waals surface area contributed by atoms with Crippen LogP contribution in [0.25, 0.3) is 0 Å². The topological polar surface area (TPSA) is 55.1 Å². The molecule has 0 spiro atoms. The van der Waals surface area contributed by atoms with Crippen molar-refractivity contribution >= 4 is 28.5 Å². The molecule has 0 aromatic heterocycles. The summed E-state index contributed by atoms with van der Waals surface area (Å²) in [4.78, 5) is 12.3. The van der Waals surface area contributed by atoms with Gasteiger partial charge in [0.1, 0.15) is 0 Å². The van der Waals surface area contributed by atoms with Gasteiger partial charge in [-0.2, -0.15) is 0 Å². The van der Waals surface area contributed by atoms with Gasteiger partial charge in [0.15, 0.2) is 0 Å². The maximum Gasteiger partial charge on any atom is 0.252 e. The molecule has 0 bridgehead atoms. The van der Waals surface area contributed by atoms with E-state index in [1.54, 1.807) is 0 Å². The summed E-state index contributed by atoms with van der Waals surface area (Å²) >= 11 is 2.24. The molecule has 0 heterocycles. The molecule has 1 rings (SSSR count). The summed E-state index contributed by atoms with van der Waals surface area (Å²) in [5.41, 5.74) is 7.15. The zero-order valence-electron chi connectivity index (χ0n) is 11.4. The van der Waals surface area contributed by atoms with Gasteiger partial charge in [-0.15, -0.1) is 0 Å². The number of carbonyl (C=O) groups is 1. The van der Waals surface area contributed by atoms with E-state index in [2.05, 4.69) is 41.8 Å². The Bertz CT molecular complexity index is 445.